The van der Waals surface area contributed by atoms with Gasteiger partial charge < -0.3 is 15.8 Å². The number of ether oxygens (including phenoxy) is 1. The Hall–Kier alpha value is -1.01. The molecule has 5 nitrogen and oxygen atoms in total. The van der Waals surface area contributed by atoms with E-state index in [2.05, 4.69) is 10.1 Å². The van der Waals surface area contributed by atoms with Gasteiger partial charge in [-0.2, -0.15) is 0 Å². The van der Waals surface area contributed by atoms with Crippen molar-refractivity contribution >= 4 is 23.6 Å². The van der Waals surface area contributed by atoms with Crippen molar-refractivity contribution in [3.8, 4) is 0 Å². The minimum absolute atomic E-state index is 0.190. The van der Waals surface area contributed by atoms with Crippen LogP contribution in [0.4, 0.5) is 0 Å². The lowest BCUT2D eigenvalue weighted by atomic mass is 10.3. The molecule has 3 N–H and O–H groups in total. The highest BCUT2D eigenvalue weighted by Crippen LogP contribution is 2.21. The zero-order valence-corrected chi connectivity index (χ0v) is 8.81. The monoisotopic (exact) mass is 216 g/mol. The first-order chi connectivity index (χ1) is 6.56. The highest BCUT2D eigenvalue weighted by Gasteiger charge is 2.24. The molecule has 1 heterocycles. The average Bonchev–Trinajstić information content (AvgIpc) is 2.30. The van der Waals surface area contributed by atoms with Gasteiger partial charge in [0.2, 0.25) is 5.91 Å². The van der Waals surface area contributed by atoms with Gasteiger partial charge >= 0.3 is 5.97 Å². The Balaban J connectivity index is 2.90. The molecule has 0 spiro atoms. The number of nitrogens with one attached hydrogen (secondary N) is 1. The van der Waals surface area contributed by atoms with Crippen molar-refractivity contribution in [1.29, 1.82) is 0 Å². The molecule has 0 bridgehead atoms. The predicted molar refractivity (Wildman–Crippen MR) is 53.3 cm³/mol. The molecule has 0 unspecified atom stereocenters. The molecular weight excluding hydrogens is 204 g/mol. The van der Waals surface area contributed by atoms with Crippen LogP contribution in [0.5, 0.6) is 0 Å². The topological polar surface area (TPSA) is 81.4 Å². The summed E-state index contributed by atoms with van der Waals surface area (Å²) in [4.78, 5) is 23.3. The molecule has 1 aliphatic heterocycles. The molecule has 0 saturated heterocycles. The number of nitrogens with two attached hydrogens (primary N) is 1. The van der Waals surface area contributed by atoms with Crippen molar-refractivity contribution in [2.45, 2.75) is 13.0 Å². The minimum Gasteiger partial charge on any atom is -0.464 e. The Morgan fingerprint density at radius 1 is 1.71 bits per heavy atom. The van der Waals surface area contributed by atoms with Gasteiger partial charge in [-0.05, 0) is 6.92 Å². The van der Waals surface area contributed by atoms with E-state index in [1.54, 1.807) is 6.92 Å². The summed E-state index contributed by atoms with van der Waals surface area (Å²) in [5, 5.41) is 2.45. The second-order valence-electron chi connectivity index (χ2n) is 2.83. The van der Waals surface area contributed by atoms with Gasteiger partial charge in [0.1, 0.15) is 5.70 Å². The largest absolute Gasteiger partial charge is 0.464 e. The van der Waals surface area contributed by atoms with Gasteiger partial charge in [0.25, 0.3) is 0 Å². The molecule has 0 fully saturated rings. The van der Waals surface area contributed by atoms with Crippen LogP contribution in [-0.4, -0.2) is 30.8 Å². The van der Waals surface area contributed by atoms with Crippen LogP contribution < -0.4 is 11.1 Å². The van der Waals surface area contributed by atoms with E-state index in [-0.39, 0.29) is 11.6 Å². The average molecular weight is 216 g/mol. The number of carbonyl (C=O) groups is 2. The van der Waals surface area contributed by atoms with E-state index in [1.807, 2.05) is 0 Å². The first-order valence-electron chi connectivity index (χ1n) is 4.04. The Morgan fingerprint density at radius 2 is 2.36 bits per heavy atom. The molecule has 14 heavy (non-hydrogen) atoms. The smallest absolute Gasteiger partial charge is 0.355 e. The van der Waals surface area contributed by atoms with E-state index in [0.29, 0.717) is 5.75 Å². The van der Waals surface area contributed by atoms with Crippen LogP contribution >= 0.6 is 11.8 Å². The summed E-state index contributed by atoms with van der Waals surface area (Å²) in [6.45, 7) is 1.75. The van der Waals surface area contributed by atoms with E-state index >= 15 is 0 Å². The summed E-state index contributed by atoms with van der Waals surface area (Å²) in [7, 11) is 1.27. The normalized spacial score (nSPS) is 22.8. The molecule has 0 aromatic heterocycles. The number of esters is 1. The summed E-state index contributed by atoms with van der Waals surface area (Å²) in [5.74, 6) is -0.426. The second-order valence-corrected chi connectivity index (χ2v) is 4.06. The Bertz CT molecular complexity index is 301. The Morgan fingerprint density at radius 3 is 2.93 bits per heavy atom. The van der Waals surface area contributed by atoms with Crippen molar-refractivity contribution in [3.63, 3.8) is 0 Å². The zero-order chi connectivity index (χ0) is 10.7. The highest BCUT2D eigenvalue weighted by atomic mass is 32.2. The lowest BCUT2D eigenvalue weighted by molar-refractivity contribution is -0.137. The molecular formula is C8H12N2O3S. The first-order valence-corrected chi connectivity index (χ1v) is 5.03. The summed E-state index contributed by atoms with van der Waals surface area (Å²) < 4.78 is 4.53. The molecule has 0 saturated carbocycles. The standard InChI is InChI=1S/C8H12N2O3S/c1-4-6(8(12)13-2)10-7(11)5(9)3-14-4/h5H,3,9H2,1-2H3,(H,10,11)/t5-/m0/s1. The SMILES string of the molecule is COC(=O)C1=C(C)SC[C@H](N)C(=O)N1. The van der Waals surface area contributed by atoms with Gasteiger partial charge in [-0.25, -0.2) is 4.79 Å². The first kappa shape index (κ1) is 11.1. The van der Waals surface area contributed by atoms with E-state index in [4.69, 9.17) is 5.73 Å². The second kappa shape index (κ2) is 4.47. The number of allylic oxidation sites excluding steroid dienone is 1. The predicted octanol–water partition coefficient (Wildman–Crippen LogP) is -0.419. The van der Waals surface area contributed by atoms with E-state index in [1.165, 1.54) is 18.9 Å². The maximum absolute atomic E-state index is 11.3. The molecule has 1 rings (SSSR count). The maximum atomic E-state index is 11.3. The highest BCUT2D eigenvalue weighted by molar-refractivity contribution is 8.03. The molecule has 0 aliphatic carbocycles. The number of hydrogen-bond acceptors (Lipinski definition) is 5. The maximum Gasteiger partial charge on any atom is 0.355 e. The van der Waals surface area contributed by atoms with Crippen molar-refractivity contribution in [3.05, 3.63) is 10.6 Å². The summed E-state index contributed by atoms with van der Waals surface area (Å²) in [6.07, 6.45) is 0. The minimum atomic E-state index is -0.586. The fraction of sp³-hybridized carbons (Fsp3) is 0.500. The zero-order valence-electron chi connectivity index (χ0n) is 7.99. The number of amides is 1. The van der Waals surface area contributed by atoms with E-state index in [9.17, 15) is 9.59 Å². The molecule has 1 amide bonds. The number of rotatable bonds is 1. The van der Waals surface area contributed by atoms with Crippen LogP contribution in [0, 0.1) is 0 Å². The molecule has 1 aliphatic rings. The van der Waals surface area contributed by atoms with Gasteiger partial charge in [-0.1, -0.05) is 0 Å². The number of methoxy groups -OCH3 is 1. The van der Waals surface area contributed by atoms with Crippen LogP contribution in [-0.2, 0) is 14.3 Å². The van der Waals surface area contributed by atoms with Crippen molar-refractivity contribution in [1.82, 2.24) is 5.32 Å². The van der Waals surface area contributed by atoms with Crippen LogP contribution in [0.2, 0.25) is 0 Å². The van der Waals surface area contributed by atoms with Crippen molar-refractivity contribution < 1.29 is 14.3 Å². The summed E-state index contributed by atoms with van der Waals surface area (Å²) >= 11 is 1.37. The van der Waals surface area contributed by atoms with Gasteiger partial charge in [-0.3, -0.25) is 4.79 Å². The molecule has 0 aromatic rings. The van der Waals surface area contributed by atoms with Crippen molar-refractivity contribution in [2.75, 3.05) is 12.9 Å². The summed E-state index contributed by atoms with van der Waals surface area (Å²) in [5.41, 5.74) is 5.72. The lowest BCUT2D eigenvalue weighted by Gasteiger charge is -2.08. The third-order valence-electron chi connectivity index (χ3n) is 1.81. The molecule has 0 radical (unpaired) electrons. The van der Waals surface area contributed by atoms with Gasteiger partial charge in [0.05, 0.1) is 13.2 Å². The number of carbonyl (C=O) groups excluding carboxylic acids is 2. The quantitative estimate of drug-likeness (QED) is 0.582. The van der Waals surface area contributed by atoms with E-state index in [0.717, 1.165) is 4.91 Å². The lowest BCUT2D eigenvalue weighted by Crippen LogP contribution is -2.41. The van der Waals surface area contributed by atoms with Crippen LogP contribution in [0.3, 0.4) is 0 Å². The third kappa shape index (κ3) is 2.27. The fourth-order valence-electron chi connectivity index (χ4n) is 0.963. The fourth-order valence-corrected chi connectivity index (χ4v) is 1.82. The number of thioether (sulfide) groups is 1. The molecule has 78 valence electrons. The van der Waals surface area contributed by atoms with Gasteiger partial charge in [0, 0.05) is 10.7 Å². The Labute approximate surface area is 86.0 Å². The van der Waals surface area contributed by atoms with E-state index < -0.39 is 12.0 Å². The van der Waals surface area contributed by atoms with Crippen molar-refractivity contribution in [2.24, 2.45) is 5.73 Å². The third-order valence-corrected chi connectivity index (χ3v) is 2.97. The van der Waals surface area contributed by atoms with Crippen LogP contribution in [0.15, 0.2) is 10.6 Å². The van der Waals surface area contributed by atoms with Crippen LogP contribution in [0.25, 0.3) is 0 Å². The Kier molecular flexibility index (Phi) is 3.54. The summed E-state index contributed by atoms with van der Waals surface area (Å²) in [6, 6.07) is -0.586. The number of hydrogen-bond donors (Lipinski definition) is 2. The molecule has 0 aromatic carbocycles. The van der Waals surface area contributed by atoms with Gasteiger partial charge in [-0.15, -0.1) is 11.8 Å². The molecule has 6 heteroatoms. The van der Waals surface area contributed by atoms with Crippen LogP contribution in [0.1, 0.15) is 6.92 Å². The molecule has 1 atom stereocenters. The van der Waals surface area contributed by atoms with Gasteiger partial charge in [0.15, 0.2) is 0 Å².